The van der Waals surface area contributed by atoms with Crippen molar-refractivity contribution < 1.29 is 14.6 Å². The Bertz CT molecular complexity index is 1090. The number of methoxy groups -OCH3 is 2. The van der Waals surface area contributed by atoms with Gasteiger partial charge in [-0.1, -0.05) is 6.07 Å². The van der Waals surface area contributed by atoms with Gasteiger partial charge in [-0.25, -0.2) is 4.98 Å². The molecule has 0 unspecified atom stereocenters. The van der Waals surface area contributed by atoms with Crippen molar-refractivity contribution in [3.8, 4) is 22.8 Å². The van der Waals surface area contributed by atoms with Crippen LogP contribution < -0.4 is 15.0 Å². The van der Waals surface area contributed by atoms with E-state index in [2.05, 4.69) is 11.0 Å². The normalized spacial score (nSPS) is 15.4. The lowest BCUT2D eigenvalue weighted by atomic mass is 9.90. The number of fused-ring (bicyclic) bond motifs is 1. The van der Waals surface area contributed by atoms with E-state index in [4.69, 9.17) is 19.6 Å². The molecular formula is C23H27N3O4. The Balaban J connectivity index is 1.63. The number of aliphatic hydroxyl groups excluding tert-OH is 1. The number of hydrogen-bond acceptors (Lipinski definition) is 6. The molecule has 1 aliphatic heterocycles. The third kappa shape index (κ3) is 4.04. The number of likely N-dealkylation sites (tertiary alicyclic amines) is 1. The van der Waals surface area contributed by atoms with E-state index in [9.17, 15) is 4.79 Å². The van der Waals surface area contributed by atoms with Gasteiger partial charge >= 0.3 is 0 Å². The predicted octanol–water partition coefficient (Wildman–Crippen LogP) is 2.55. The largest absolute Gasteiger partial charge is 0.493 e. The number of pyridine rings is 1. The van der Waals surface area contributed by atoms with Crippen LogP contribution in [-0.4, -0.2) is 59.9 Å². The van der Waals surface area contributed by atoms with Crippen LogP contribution in [0.3, 0.4) is 0 Å². The zero-order chi connectivity index (χ0) is 21.1. The maximum Gasteiger partial charge on any atom is 0.258 e. The summed E-state index contributed by atoms with van der Waals surface area (Å²) in [5.74, 6) is 1.65. The van der Waals surface area contributed by atoms with Gasteiger partial charge in [0.15, 0.2) is 11.5 Å². The number of hydrogen-bond donors (Lipinski definition) is 1. The van der Waals surface area contributed by atoms with E-state index in [0.717, 1.165) is 43.6 Å². The Morgan fingerprint density at radius 1 is 1.07 bits per heavy atom. The Labute approximate surface area is 175 Å². The molecule has 1 aliphatic rings. The highest BCUT2D eigenvalue weighted by atomic mass is 16.5. The SMILES string of the molecule is COc1ccc(-c2cc(=O)n3cc(C4CCN(CCO)CC4)ccc3n2)cc1OC. The highest BCUT2D eigenvalue weighted by molar-refractivity contribution is 5.65. The van der Waals surface area contributed by atoms with Crippen LogP contribution in [0.5, 0.6) is 11.5 Å². The number of aliphatic hydroxyl groups is 1. The molecule has 2 aromatic heterocycles. The van der Waals surface area contributed by atoms with Crippen molar-refractivity contribution in [3.63, 3.8) is 0 Å². The van der Waals surface area contributed by atoms with E-state index in [1.807, 2.05) is 30.5 Å². The Morgan fingerprint density at radius 3 is 2.53 bits per heavy atom. The molecule has 30 heavy (non-hydrogen) atoms. The van der Waals surface area contributed by atoms with E-state index in [-0.39, 0.29) is 12.2 Å². The summed E-state index contributed by atoms with van der Waals surface area (Å²) in [6.07, 6.45) is 3.98. The Morgan fingerprint density at radius 2 is 1.83 bits per heavy atom. The first-order chi connectivity index (χ1) is 14.6. The average Bonchev–Trinajstić information content (AvgIpc) is 2.79. The molecule has 0 amide bonds. The predicted molar refractivity (Wildman–Crippen MR) is 116 cm³/mol. The molecule has 3 heterocycles. The van der Waals surface area contributed by atoms with Crippen molar-refractivity contribution in [1.29, 1.82) is 0 Å². The van der Waals surface area contributed by atoms with Crippen LogP contribution in [0.1, 0.15) is 24.3 Å². The smallest absolute Gasteiger partial charge is 0.258 e. The van der Waals surface area contributed by atoms with Crippen molar-refractivity contribution >= 4 is 5.65 Å². The summed E-state index contributed by atoms with van der Waals surface area (Å²) in [4.78, 5) is 19.8. The van der Waals surface area contributed by atoms with Crippen molar-refractivity contribution in [3.05, 3.63) is 58.5 Å². The first kappa shape index (κ1) is 20.4. The van der Waals surface area contributed by atoms with Crippen molar-refractivity contribution in [2.75, 3.05) is 40.5 Å². The lowest BCUT2D eigenvalue weighted by molar-refractivity contribution is 0.164. The van der Waals surface area contributed by atoms with Crippen LogP contribution in [0.15, 0.2) is 47.4 Å². The summed E-state index contributed by atoms with van der Waals surface area (Å²) in [6, 6.07) is 11.1. The summed E-state index contributed by atoms with van der Waals surface area (Å²) in [6.45, 7) is 2.86. The molecule has 0 radical (unpaired) electrons. The van der Waals surface area contributed by atoms with Crippen molar-refractivity contribution in [2.45, 2.75) is 18.8 Å². The third-order valence-electron chi connectivity index (χ3n) is 5.84. The van der Waals surface area contributed by atoms with Crippen LogP contribution >= 0.6 is 0 Å². The van der Waals surface area contributed by atoms with Gasteiger partial charge in [0.1, 0.15) is 5.65 Å². The third-order valence-corrected chi connectivity index (χ3v) is 5.84. The second-order valence-electron chi connectivity index (χ2n) is 7.58. The maximum absolute atomic E-state index is 12.9. The lowest BCUT2D eigenvalue weighted by Crippen LogP contribution is -2.35. The highest BCUT2D eigenvalue weighted by Gasteiger charge is 2.21. The second-order valence-corrected chi connectivity index (χ2v) is 7.58. The highest BCUT2D eigenvalue weighted by Crippen LogP contribution is 2.32. The fourth-order valence-electron chi connectivity index (χ4n) is 4.14. The zero-order valence-corrected chi connectivity index (χ0v) is 17.4. The molecule has 1 fully saturated rings. The van der Waals surface area contributed by atoms with Gasteiger partial charge in [-0.05, 0) is 61.7 Å². The fourth-order valence-corrected chi connectivity index (χ4v) is 4.14. The van der Waals surface area contributed by atoms with Gasteiger partial charge in [0, 0.05) is 24.4 Å². The molecule has 3 aromatic rings. The van der Waals surface area contributed by atoms with Gasteiger partial charge in [0.25, 0.3) is 5.56 Å². The monoisotopic (exact) mass is 409 g/mol. The molecule has 7 nitrogen and oxygen atoms in total. The van der Waals surface area contributed by atoms with Crippen LogP contribution in [0, 0.1) is 0 Å². The van der Waals surface area contributed by atoms with Crippen LogP contribution in [0.2, 0.25) is 0 Å². The number of ether oxygens (including phenoxy) is 2. The Hall–Kier alpha value is -2.90. The molecule has 0 aliphatic carbocycles. The van der Waals surface area contributed by atoms with Crippen molar-refractivity contribution in [2.24, 2.45) is 0 Å². The van der Waals surface area contributed by atoms with Gasteiger partial charge in [0.2, 0.25) is 0 Å². The molecule has 0 bridgehead atoms. The summed E-state index contributed by atoms with van der Waals surface area (Å²) < 4.78 is 12.3. The number of benzene rings is 1. The summed E-state index contributed by atoms with van der Waals surface area (Å²) in [7, 11) is 3.17. The number of piperidine rings is 1. The van der Waals surface area contributed by atoms with E-state index < -0.39 is 0 Å². The van der Waals surface area contributed by atoms with Gasteiger partial charge < -0.3 is 19.5 Å². The fraction of sp³-hybridized carbons (Fsp3) is 0.391. The molecule has 1 saturated heterocycles. The van der Waals surface area contributed by atoms with Crippen molar-refractivity contribution in [1.82, 2.24) is 14.3 Å². The zero-order valence-electron chi connectivity index (χ0n) is 17.4. The van der Waals surface area contributed by atoms with Gasteiger partial charge in [-0.2, -0.15) is 0 Å². The average molecular weight is 409 g/mol. The molecule has 0 saturated carbocycles. The molecular weight excluding hydrogens is 382 g/mol. The Kier molecular flexibility index (Phi) is 6.01. The molecule has 0 atom stereocenters. The molecule has 0 spiro atoms. The first-order valence-corrected chi connectivity index (χ1v) is 10.2. The number of rotatable bonds is 6. The van der Waals surface area contributed by atoms with E-state index in [1.165, 1.54) is 0 Å². The second kappa shape index (κ2) is 8.85. The van der Waals surface area contributed by atoms with Crippen LogP contribution in [-0.2, 0) is 0 Å². The minimum absolute atomic E-state index is 0.107. The van der Waals surface area contributed by atoms with Crippen LogP contribution in [0.25, 0.3) is 16.9 Å². The number of aromatic nitrogens is 2. The van der Waals surface area contributed by atoms with E-state index >= 15 is 0 Å². The summed E-state index contributed by atoms with van der Waals surface area (Å²) in [5.41, 5.74) is 3.07. The standard InChI is InChI=1S/C23H27N3O4/c1-29-20-5-3-17(13-21(20)30-2)19-14-23(28)26-15-18(4-6-22(26)24-19)16-7-9-25(10-8-16)11-12-27/h3-6,13-16,27H,7-12H2,1-2H3. The van der Waals surface area contributed by atoms with Gasteiger partial charge in [-0.15, -0.1) is 0 Å². The minimum atomic E-state index is -0.107. The summed E-state index contributed by atoms with van der Waals surface area (Å²) >= 11 is 0. The van der Waals surface area contributed by atoms with Gasteiger partial charge in [0.05, 0.1) is 26.5 Å². The van der Waals surface area contributed by atoms with Gasteiger partial charge in [-0.3, -0.25) is 9.20 Å². The van der Waals surface area contributed by atoms with E-state index in [1.54, 1.807) is 24.7 Å². The number of nitrogens with zero attached hydrogens (tertiary/aromatic N) is 3. The topological polar surface area (TPSA) is 76.3 Å². The molecule has 1 N–H and O–H groups in total. The molecule has 4 rings (SSSR count). The molecule has 158 valence electrons. The molecule has 1 aromatic carbocycles. The first-order valence-electron chi connectivity index (χ1n) is 10.2. The molecule has 7 heteroatoms. The number of β-amino-alcohol motifs (C(OH)–C–C–N with tert-alkyl or cyclic N) is 1. The lowest BCUT2D eigenvalue weighted by Gasteiger charge is -2.31. The quantitative estimate of drug-likeness (QED) is 0.674. The summed E-state index contributed by atoms with van der Waals surface area (Å²) in [5, 5.41) is 9.11. The van der Waals surface area contributed by atoms with E-state index in [0.29, 0.717) is 28.8 Å². The minimum Gasteiger partial charge on any atom is -0.493 e. The maximum atomic E-state index is 12.9. The van der Waals surface area contributed by atoms with Crippen LogP contribution in [0.4, 0.5) is 0 Å².